The molecule has 0 N–H and O–H groups in total. The SMILES string of the molecule is CC(=O)C(CCl)N=O. The normalized spacial score (nSPS) is 12.8. The van der Waals surface area contributed by atoms with Crippen LogP contribution in [0.5, 0.6) is 0 Å². The molecule has 0 aromatic rings. The van der Waals surface area contributed by atoms with Crippen molar-refractivity contribution in [3.8, 4) is 0 Å². The Bertz CT molecular complexity index is 104. The van der Waals surface area contributed by atoms with Crippen molar-refractivity contribution in [2.75, 3.05) is 5.88 Å². The first-order valence-corrected chi connectivity index (χ1v) is 2.64. The van der Waals surface area contributed by atoms with Crippen LogP contribution in [-0.4, -0.2) is 17.7 Å². The molecule has 0 radical (unpaired) electrons. The number of ketones is 1. The zero-order chi connectivity index (χ0) is 6.57. The average molecular weight is 136 g/mol. The van der Waals surface area contributed by atoms with E-state index in [2.05, 4.69) is 5.18 Å². The number of hydrogen-bond acceptors (Lipinski definition) is 3. The third kappa shape index (κ3) is 2.02. The van der Waals surface area contributed by atoms with Gasteiger partial charge < -0.3 is 0 Å². The van der Waals surface area contributed by atoms with Gasteiger partial charge in [0.25, 0.3) is 0 Å². The summed E-state index contributed by atoms with van der Waals surface area (Å²) in [4.78, 5) is 19.9. The summed E-state index contributed by atoms with van der Waals surface area (Å²) in [7, 11) is 0. The van der Waals surface area contributed by atoms with E-state index in [1.807, 2.05) is 0 Å². The zero-order valence-electron chi connectivity index (χ0n) is 4.43. The van der Waals surface area contributed by atoms with Crippen molar-refractivity contribution in [1.29, 1.82) is 0 Å². The predicted octanol–water partition coefficient (Wildman–Crippen LogP) is 0.949. The molecule has 46 valence electrons. The average Bonchev–Trinajstić information content (AvgIpc) is 1.69. The van der Waals surface area contributed by atoms with Crippen LogP contribution >= 0.6 is 11.6 Å². The quantitative estimate of drug-likeness (QED) is 0.427. The highest BCUT2D eigenvalue weighted by molar-refractivity contribution is 6.19. The van der Waals surface area contributed by atoms with E-state index in [0.717, 1.165) is 0 Å². The number of halogens is 1. The van der Waals surface area contributed by atoms with Crippen LogP contribution in [0.3, 0.4) is 0 Å². The molecule has 8 heavy (non-hydrogen) atoms. The van der Waals surface area contributed by atoms with Gasteiger partial charge in [-0.15, -0.1) is 16.5 Å². The number of carbonyl (C=O) groups is 1. The number of rotatable bonds is 3. The molecule has 0 spiro atoms. The van der Waals surface area contributed by atoms with Crippen molar-refractivity contribution in [2.45, 2.75) is 13.0 Å². The highest BCUT2D eigenvalue weighted by Gasteiger charge is 2.10. The molecule has 4 heteroatoms. The minimum atomic E-state index is -0.850. The van der Waals surface area contributed by atoms with Crippen LogP contribution < -0.4 is 0 Å². The number of Topliss-reactive ketones (excluding diaryl/α,β-unsaturated/α-hetero) is 1. The molecule has 1 atom stereocenters. The predicted molar refractivity (Wildman–Crippen MR) is 31.0 cm³/mol. The van der Waals surface area contributed by atoms with E-state index in [4.69, 9.17) is 11.6 Å². The third-order valence-corrected chi connectivity index (χ3v) is 1.03. The number of hydrogen-bond donors (Lipinski definition) is 0. The van der Waals surface area contributed by atoms with Crippen LogP contribution in [0, 0.1) is 4.91 Å². The number of alkyl halides is 1. The second-order valence-electron chi connectivity index (χ2n) is 1.39. The maximum Gasteiger partial charge on any atom is 0.163 e. The first-order valence-electron chi connectivity index (χ1n) is 2.11. The standard InChI is InChI=1S/C4H6ClNO2/c1-3(7)4(2-5)6-8/h4H,2H2,1H3. The molecule has 0 aliphatic rings. The van der Waals surface area contributed by atoms with Crippen LogP contribution in [0.4, 0.5) is 0 Å². The Kier molecular flexibility index (Phi) is 3.35. The van der Waals surface area contributed by atoms with E-state index in [1.54, 1.807) is 0 Å². The Morgan fingerprint density at radius 3 is 2.38 bits per heavy atom. The van der Waals surface area contributed by atoms with Gasteiger partial charge in [0.05, 0.1) is 5.88 Å². The Morgan fingerprint density at radius 1 is 1.88 bits per heavy atom. The van der Waals surface area contributed by atoms with Gasteiger partial charge in [0.2, 0.25) is 0 Å². The van der Waals surface area contributed by atoms with E-state index >= 15 is 0 Å². The summed E-state index contributed by atoms with van der Waals surface area (Å²) in [6, 6.07) is -0.850. The largest absolute Gasteiger partial charge is 0.297 e. The van der Waals surface area contributed by atoms with E-state index in [1.165, 1.54) is 6.92 Å². The summed E-state index contributed by atoms with van der Waals surface area (Å²) in [5.74, 6) is -0.297. The maximum atomic E-state index is 10.2. The first-order chi connectivity index (χ1) is 3.72. The monoisotopic (exact) mass is 135 g/mol. The highest BCUT2D eigenvalue weighted by Crippen LogP contribution is 1.93. The highest BCUT2D eigenvalue weighted by atomic mass is 35.5. The van der Waals surface area contributed by atoms with Crippen molar-refractivity contribution in [3.63, 3.8) is 0 Å². The summed E-state index contributed by atoms with van der Waals surface area (Å²) >= 11 is 5.15. The van der Waals surface area contributed by atoms with Gasteiger partial charge in [-0.05, 0) is 6.92 Å². The van der Waals surface area contributed by atoms with E-state index < -0.39 is 6.04 Å². The van der Waals surface area contributed by atoms with Gasteiger partial charge in [0, 0.05) is 0 Å². The summed E-state index contributed by atoms with van der Waals surface area (Å²) in [5.41, 5.74) is 0. The Morgan fingerprint density at radius 2 is 2.38 bits per heavy atom. The minimum absolute atomic E-state index is 0.0150. The van der Waals surface area contributed by atoms with Gasteiger partial charge in [-0.1, -0.05) is 5.18 Å². The molecule has 3 nitrogen and oxygen atoms in total. The Labute approximate surface area is 52.0 Å². The fourth-order valence-corrected chi connectivity index (χ4v) is 0.485. The smallest absolute Gasteiger partial charge is 0.163 e. The fraction of sp³-hybridized carbons (Fsp3) is 0.750. The molecular weight excluding hydrogens is 130 g/mol. The Hall–Kier alpha value is -0.440. The van der Waals surface area contributed by atoms with Crippen LogP contribution in [0.1, 0.15) is 6.92 Å². The molecule has 0 aliphatic heterocycles. The number of nitroso groups, excluding NO2 is 1. The fourth-order valence-electron chi connectivity index (χ4n) is 0.211. The number of nitrogens with zero attached hydrogens (tertiary/aromatic N) is 1. The van der Waals surface area contributed by atoms with Crippen molar-refractivity contribution < 1.29 is 4.79 Å². The summed E-state index contributed by atoms with van der Waals surface area (Å²) in [6.07, 6.45) is 0. The molecule has 0 aromatic carbocycles. The van der Waals surface area contributed by atoms with Crippen LogP contribution in [0.25, 0.3) is 0 Å². The van der Waals surface area contributed by atoms with Gasteiger partial charge in [0.15, 0.2) is 11.8 Å². The molecule has 0 amide bonds. The molecule has 0 aliphatic carbocycles. The Balaban J connectivity index is 3.69. The molecule has 0 saturated heterocycles. The second-order valence-corrected chi connectivity index (χ2v) is 1.69. The molecule has 0 saturated carbocycles. The van der Waals surface area contributed by atoms with Gasteiger partial charge in [-0.3, -0.25) is 4.79 Å². The van der Waals surface area contributed by atoms with Gasteiger partial charge in [-0.2, -0.15) is 0 Å². The van der Waals surface area contributed by atoms with Crippen molar-refractivity contribution in [1.82, 2.24) is 0 Å². The van der Waals surface area contributed by atoms with E-state index in [9.17, 15) is 9.70 Å². The lowest BCUT2D eigenvalue weighted by Crippen LogP contribution is -2.15. The summed E-state index contributed by atoms with van der Waals surface area (Å²) in [5, 5.41) is 2.47. The lowest BCUT2D eigenvalue weighted by Gasteiger charge is -1.94. The van der Waals surface area contributed by atoms with Crippen LogP contribution in [0.2, 0.25) is 0 Å². The van der Waals surface area contributed by atoms with Crippen molar-refractivity contribution in [3.05, 3.63) is 4.91 Å². The van der Waals surface area contributed by atoms with E-state index in [0.29, 0.717) is 0 Å². The summed E-state index contributed by atoms with van der Waals surface area (Å²) < 4.78 is 0. The minimum Gasteiger partial charge on any atom is -0.297 e. The van der Waals surface area contributed by atoms with Crippen molar-refractivity contribution >= 4 is 17.4 Å². The first kappa shape index (κ1) is 7.56. The van der Waals surface area contributed by atoms with Gasteiger partial charge in [0.1, 0.15) is 0 Å². The van der Waals surface area contributed by atoms with Gasteiger partial charge >= 0.3 is 0 Å². The maximum absolute atomic E-state index is 10.2. The van der Waals surface area contributed by atoms with Crippen LogP contribution in [0.15, 0.2) is 5.18 Å². The summed E-state index contributed by atoms with van der Waals surface area (Å²) in [6.45, 7) is 1.29. The topological polar surface area (TPSA) is 46.5 Å². The molecular formula is C4H6ClNO2. The lowest BCUT2D eigenvalue weighted by molar-refractivity contribution is -0.117. The molecule has 1 unspecified atom stereocenters. The molecule has 0 rings (SSSR count). The van der Waals surface area contributed by atoms with E-state index in [-0.39, 0.29) is 11.7 Å². The third-order valence-electron chi connectivity index (χ3n) is 0.743. The lowest BCUT2D eigenvalue weighted by atomic mass is 10.3. The van der Waals surface area contributed by atoms with Crippen LogP contribution in [-0.2, 0) is 4.79 Å². The van der Waals surface area contributed by atoms with Gasteiger partial charge in [-0.25, -0.2) is 0 Å². The zero-order valence-corrected chi connectivity index (χ0v) is 5.18. The van der Waals surface area contributed by atoms with Crippen molar-refractivity contribution in [2.24, 2.45) is 5.18 Å². The molecule has 0 heterocycles. The molecule has 0 fully saturated rings. The second kappa shape index (κ2) is 3.55. The molecule has 0 aromatic heterocycles. The molecule has 0 bridgehead atoms. The number of carbonyl (C=O) groups excluding carboxylic acids is 1.